The van der Waals surface area contributed by atoms with Gasteiger partial charge >= 0.3 is 6.18 Å². The van der Waals surface area contributed by atoms with Gasteiger partial charge in [-0.2, -0.15) is 18.3 Å². The summed E-state index contributed by atoms with van der Waals surface area (Å²) in [7, 11) is 0. The highest BCUT2D eigenvalue weighted by atomic mass is 79.9. The lowest BCUT2D eigenvalue weighted by atomic mass is 9.93. The molecule has 0 radical (unpaired) electrons. The van der Waals surface area contributed by atoms with Crippen LogP contribution in [0.25, 0.3) is 0 Å². The first-order valence-corrected chi connectivity index (χ1v) is 11.3. The summed E-state index contributed by atoms with van der Waals surface area (Å²) in [4.78, 5) is 29.0. The van der Waals surface area contributed by atoms with E-state index in [4.69, 9.17) is 11.6 Å². The van der Waals surface area contributed by atoms with Gasteiger partial charge in [0, 0.05) is 23.6 Å². The normalized spacial score (nSPS) is 23.5. The molecule has 168 valence electrons. The van der Waals surface area contributed by atoms with E-state index in [1.807, 2.05) is 4.90 Å². The highest BCUT2D eigenvalue weighted by molar-refractivity contribution is 9.11. The molecule has 0 aromatic heterocycles. The quantitative estimate of drug-likeness (QED) is 0.554. The Morgan fingerprint density at radius 1 is 1.13 bits per heavy atom. The minimum absolute atomic E-state index is 0.00261. The van der Waals surface area contributed by atoms with Crippen molar-refractivity contribution in [1.29, 1.82) is 0 Å². The number of alkyl halides is 3. The Morgan fingerprint density at radius 2 is 1.84 bits per heavy atom. The Balaban J connectivity index is 1.55. The molecule has 0 unspecified atom stereocenters. The van der Waals surface area contributed by atoms with E-state index in [9.17, 15) is 22.8 Å². The van der Waals surface area contributed by atoms with Gasteiger partial charge in [-0.05, 0) is 30.6 Å². The summed E-state index contributed by atoms with van der Waals surface area (Å²) in [6.07, 6.45) is 2.97. The maximum Gasteiger partial charge on any atom is 0.433 e. The number of hydrogen-bond acceptors (Lipinski definition) is 4. The molecular formula is C20H21BrClF3N4O2. The predicted octanol–water partition coefficient (Wildman–Crippen LogP) is 3.89. The molecule has 1 saturated heterocycles. The van der Waals surface area contributed by atoms with Gasteiger partial charge < -0.3 is 9.80 Å². The van der Waals surface area contributed by atoms with E-state index in [0.717, 1.165) is 36.8 Å². The number of hydrazone groups is 1. The van der Waals surface area contributed by atoms with E-state index in [-0.39, 0.29) is 40.3 Å². The molecule has 2 bridgehead atoms. The second kappa shape index (κ2) is 8.61. The topological polar surface area (TPSA) is 56.2 Å². The lowest BCUT2D eigenvalue weighted by molar-refractivity contribution is -0.144. The third-order valence-electron chi connectivity index (χ3n) is 5.95. The molecule has 0 atom stereocenters. The van der Waals surface area contributed by atoms with Crippen LogP contribution in [0.1, 0.15) is 32.1 Å². The van der Waals surface area contributed by atoms with Crippen molar-refractivity contribution in [2.24, 2.45) is 5.10 Å². The van der Waals surface area contributed by atoms with E-state index in [2.05, 4.69) is 21.0 Å². The lowest BCUT2D eigenvalue weighted by Gasteiger charge is -2.40. The first-order valence-electron chi connectivity index (χ1n) is 10.1. The predicted molar refractivity (Wildman–Crippen MR) is 113 cm³/mol. The fourth-order valence-corrected chi connectivity index (χ4v) is 5.12. The largest absolute Gasteiger partial charge is 0.433 e. The number of rotatable bonds is 2. The van der Waals surface area contributed by atoms with Crippen LogP contribution in [-0.2, 0) is 9.59 Å². The van der Waals surface area contributed by atoms with Crippen LogP contribution in [0.2, 0.25) is 0 Å². The summed E-state index contributed by atoms with van der Waals surface area (Å²) in [5, 5.41) is 4.67. The maximum atomic E-state index is 13.5. The fraction of sp³-hybridized carbons (Fsp3) is 0.550. The van der Waals surface area contributed by atoms with Crippen molar-refractivity contribution < 1.29 is 22.8 Å². The number of piperazine rings is 1. The van der Waals surface area contributed by atoms with Gasteiger partial charge in [0.15, 0.2) is 5.71 Å². The van der Waals surface area contributed by atoms with Gasteiger partial charge in [-0.15, -0.1) is 0 Å². The summed E-state index contributed by atoms with van der Waals surface area (Å²) in [6, 6.07) is 0.201. The van der Waals surface area contributed by atoms with E-state index < -0.39 is 17.8 Å². The monoisotopic (exact) mass is 520 g/mol. The molecule has 0 aromatic rings. The fourth-order valence-electron chi connectivity index (χ4n) is 4.40. The Bertz CT molecular complexity index is 922. The standard InChI is InChI=1S/C20H21BrClF3N4O2/c21-13-8-12-10-29(15(9-13)20(23,24)25)26-18(17(12)22)19(31)27-6-7-28(16(30)11-27)14-4-2-1-3-5-14/h8-9,14H,1-7,10-11H2. The Kier molecular flexibility index (Phi) is 6.22. The van der Waals surface area contributed by atoms with Crippen LogP contribution >= 0.6 is 27.5 Å². The number of halogens is 5. The minimum atomic E-state index is -4.66. The van der Waals surface area contributed by atoms with Crippen molar-refractivity contribution in [2.45, 2.75) is 44.3 Å². The van der Waals surface area contributed by atoms with E-state index in [1.165, 1.54) is 17.4 Å². The minimum Gasteiger partial charge on any atom is -0.336 e. The molecule has 0 N–H and O–H groups in total. The van der Waals surface area contributed by atoms with Gasteiger partial charge in [0.2, 0.25) is 5.91 Å². The Morgan fingerprint density at radius 3 is 2.48 bits per heavy atom. The number of carbonyl (C=O) groups is 2. The van der Waals surface area contributed by atoms with Crippen LogP contribution in [0.5, 0.6) is 0 Å². The van der Waals surface area contributed by atoms with Crippen molar-refractivity contribution in [3.63, 3.8) is 0 Å². The third-order valence-corrected chi connectivity index (χ3v) is 6.83. The zero-order chi connectivity index (χ0) is 22.3. The van der Waals surface area contributed by atoms with Crippen molar-refractivity contribution in [2.75, 3.05) is 26.2 Å². The number of nitrogens with zero attached hydrogens (tertiary/aromatic N) is 4. The van der Waals surface area contributed by atoms with E-state index >= 15 is 0 Å². The third kappa shape index (κ3) is 4.55. The van der Waals surface area contributed by atoms with Crippen LogP contribution in [0.15, 0.2) is 38.0 Å². The number of allylic oxidation sites excluding steroid dienone is 3. The molecule has 11 heteroatoms. The summed E-state index contributed by atoms with van der Waals surface area (Å²) in [5.41, 5.74) is -0.941. The van der Waals surface area contributed by atoms with Gasteiger partial charge in [0.1, 0.15) is 12.2 Å². The van der Waals surface area contributed by atoms with Gasteiger partial charge in [-0.1, -0.05) is 46.8 Å². The molecule has 2 amide bonds. The molecular weight excluding hydrogens is 501 g/mol. The van der Waals surface area contributed by atoms with Gasteiger partial charge in [-0.3, -0.25) is 14.6 Å². The average molecular weight is 522 g/mol. The number of fused-ring (bicyclic) bond motifs is 2. The van der Waals surface area contributed by atoms with Gasteiger partial charge in [0.05, 0.1) is 11.6 Å². The van der Waals surface area contributed by atoms with Crippen LogP contribution in [0, 0.1) is 0 Å². The molecule has 2 fully saturated rings. The number of amides is 2. The second-order valence-corrected chi connectivity index (χ2v) is 9.30. The summed E-state index contributed by atoms with van der Waals surface area (Å²) < 4.78 is 40.7. The van der Waals surface area contributed by atoms with Crippen molar-refractivity contribution in [3.05, 3.63) is 32.9 Å². The van der Waals surface area contributed by atoms with Crippen molar-refractivity contribution >= 4 is 45.1 Å². The summed E-state index contributed by atoms with van der Waals surface area (Å²) >= 11 is 9.45. The Hall–Kier alpha value is -1.81. The highest BCUT2D eigenvalue weighted by Gasteiger charge is 2.42. The first kappa shape index (κ1) is 22.4. The Labute approximate surface area is 191 Å². The van der Waals surface area contributed by atoms with E-state index in [1.54, 1.807) is 0 Å². The number of hydrogen-bond donors (Lipinski definition) is 0. The van der Waals surface area contributed by atoms with Crippen molar-refractivity contribution in [3.8, 4) is 0 Å². The van der Waals surface area contributed by atoms with Gasteiger partial charge in [0.25, 0.3) is 5.91 Å². The molecule has 1 aliphatic carbocycles. The average Bonchev–Trinajstić information content (AvgIpc) is 2.87. The molecule has 0 aromatic carbocycles. The first-order chi connectivity index (χ1) is 14.6. The molecule has 1 saturated carbocycles. The second-order valence-electron chi connectivity index (χ2n) is 8.01. The van der Waals surface area contributed by atoms with Crippen LogP contribution in [0.3, 0.4) is 0 Å². The molecule has 4 rings (SSSR count). The van der Waals surface area contributed by atoms with Crippen LogP contribution in [0.4, 0.5) is 13.2 Å². The van der Waals surface area contributed by atoms with Crippen LogP contribution < -0.4 is 0 Å². The molecule has 31 heavy (non-hydrogen) atoms. The molecule has 3 aliphatic heterocycles. The highest BCUT2D eigenvalue weighted by Crippen LogP contribution is 2.37. The zero-order valence-corrected chi connectivity index (χ0v) is 18.9. The van der Waals surface area contributed by atoms with Crippen molar-refractivity contribution in [1.82, 2.24) is 14.8 Å². The molecule has 6 nitrogen and oxygen atoms in total. The molecule has 0 spiro atoms. The maximum absolute atomic E-state index is 13.5. The lowest BCUT2D eigenvalue weighted by Crippen LogP contribution is -2.57. The SMILES string of the molecule is O=C(C1=NN2CC(=C1Cl)C=C(Br)C=C2C(F)(F)F)N1CCN(C2CCCCC2)C(=O)C1. The van der Waals surface area contributed by atoms with Crippen LogP contribution in [-0.4, -0.2) is 70.7 Å². The number of carbonyl (C=O) groups excluding carboxylic acids is 2. The summed E-state index contributed by atoms with van der Waals surface area (Å²) in [6.45, 7) is 0.362. The van der Waals surface area contributed by atoms with E-state index in [0.29, 0.717) is 18.7 Å². The zero-order valence-electron chi connectivity index (χ0n) is 16.6. The molecule has 3 heterocycles. The van der Waals surface area contributed by atoms with Gasteiger partial charge in [-0.25, -0.2) is 0 Å². The molecule has 4 aliphatic rings. The smallest absolute Gasteiger partial charge is 0.336 e. The summed E-state index contributed by atoms with van der Waals surface area (Å²) in [5.74, 6) is -0.792.